The van der Waals surface area contributed by atoms with Crippen LogP contribution in [0.3, 0.4) is 0 Å². The largest absolute Gasteiger partial charge is 0.457 e. The van der Waals surface area contributed by atoms with Crippen LogP contribution in [0.5, 0.6) is 0 Å². The maximum absolute atomic E-state index is 12.2. The summed E-state index contributed by atoms with van der Waals surface area (Å²) in [6.07, 6.45) is 0. The molecular formula is C20H18ClNO2. The number of halogens is 1. The second-order valence-electron chi connectivity index (χ2n) is 5.70. The van der Waals surface area contributed by atoms with E-state index in [0.717, 1.165) is 22.6 Å². The van der Waals surface area contributed by atoms with E-state index in [0.29, 0.717) is 10.6 Å². The quantitative estimate of drug-likeness (QED) is 0.619. The molecule has 122 valence electrons. The van der Waals surface area contributed by atoms with Gasteiger partial charge in [0.25, 0.3) is 0 Å². The van der Waals surface area contributed by atoms with Gasteiger partial charge in [0, 0.05) is 22.1 Å². The van der Waals surface area contributed by atoms with Crippen molar-refractivity contribution in [2.45, 2.75) is 20.5 Å². The number of carbonyl (C=O) groups is 1. The first-order valence-electron chi connectivity index (χ1n) is 7.71. The highest BCUT2D eigenvalue weighted by Gasteiger charge is 2.09. The van der Waals surface area contributed by atoms with Crippen LogP contribution in [0.15, 0.2) is 60.7 Å². The lowest BCUT2D eigenvalue weighted by Crippen LogP contribution is -2.06. The van der Waals surface area contributed by atoms with Crippen molar-refractivity contribution >= 4 is 17.6 Å². The van der Waals surface area contributed by atoms with Crippen molar-refractivity contribution in [1.29, 1.82) is 0 Å². The fourth-order valence-corrected chi connectivity index (χ4v) is 2.89. The van der Waals surface area contributed by atoms with Crippen molar-refractivity contribution in [3.05, 3.63) is 88.2 Å². The minimum atomic E-state index is -0.345. The third-order valence-corrected chi connectivity index (χ3v) is 4.13. The van der Waals surface area contributed by atoms with E-state index >= 15 is 0 Å². The molecule has 0 fully saturated rings. The summed E-state index contributed by atoms with van der Waals surface area (Å²) < 4.78 is 7.48. The Labute approximate surface area is 146 Å². The predicted octanol–water partition coefficient (Wildman–Crippen LogP) is 5.10. The molecule has 0 aliphatic rings. The Morgan fingerprint density at radius 2 is 1.67 bits per heavy atom. The molecule has 0 N–H and O–H groups in total. The Hall–Kier alpha value is -2.52. The van der Waals surface area contributed by atoms with E-state index in [2.05, 4.69) is 30.5 Å². The Bertz CT molecular complexity index is 846. The summed E-state index contributed by atoms with van der Waals surface area (Å²) in [7, 11) is 0. The van der Waals surface area contributed by atoms with Gasteiger partial charge in [0.05, 0.1) is 5.56 Å². The number of hydrogen-bond acceptors (Lipinski definition) is 2. The van der Waals surface area contributed by atoms with Crippen LogP contribution in [0.25, 0.3) is 5.69 Å². The number of ether oxygens (including phenoxy) is 1. The number of esters is 1. The molecule has 3 aromatic rings. The molecule has 1 aromatic heterocycles. The van der Waals surface area contributed by atoms with E-state index < -0.39 is 0 Å². The molecule has 0 saturated heterocycles. The fraction of sp³-hybridized carbons (Fsp3) is 0.150. The molecule has 24 heavy (non-hydrogen) atoms. The van der Waals surface area contributed by atoms with Gasteiger partial charge >= 0.3 is 5.97 Å². The highest BCUT2D eigenvalue weighted by Crippen LogP contribution is 2.18. The average Bonchev–Trinajstić information content (AvgIpc) is 2.92. The lowest BCUT2D eigenvalue weighted by Gasteiger charge is -2.10. The van der Waals surface area contributed by atoms with E-state index in [4.69, 9.17) is 16.3 Å². The number of nitrogens with zero attached hydrogens (tertiary/aromatic N) is 1. The molecule has 2 aromatic carbocycles. The first-order chi connectivity index (χ1) is 11.5. The molecule has 0 saturated carbocycles. The normalized spacial score (nSPS) is 10.6. The van der Waals surface area contributed by atoms with Crippen LogP contribution in [-0.4, -0.2) is 10.5 Å². The van der Waals surface area contributed by atoms with Crippen molar-refractivity contribution < 1.29 is 9.53 Å². The van der Waals surface area contributed by atoms with Crippen LogP contribution in [0, 0.1) is 13.8 Å². The summed E-state index contributed by atoms with van der Waals surface area (Å²) in [6.45, 7) is 4.32. The molecule has 0 aliphatic carbocycles. The van der Waals surface area contributed by atoms with Crippen molar-refractivity contribution in [2.75, 3.05) is 0 Å². The van der Waals surface area contributed by atoms with Crippen molar-refractivity contribution in [2.24, 2.45) is 0 Å². The van der Waals surface area contributed by atoms with Crippen LogP contribution < -0.4 is 0 Å². The van der Waals surface area contributed by atoms with Crippen molar-refractivity contribution in [3.8, 4) is 5.69 Å². The van der Waals surface area contributed by atoms with Crippen molar-refractivity contribution in [3.63, 3.8) is 0 Å². The third kappa shape index (κ3) is 3.52. The minimum Gasteiger partial charge on any atom is -0.457 e. The van der Waals surface area contributed by atoms with Gasteiger partial charge in [0.15, 0.2) is 0 Å². The van der Waals surface area contributed by atoms with E-state index in [9.17, 15) is 4.79 Å². The molecule has 0 aliphatic heterocycles. The monoisotopic (exact) mass is 339 g/mol. The van der Waals surface area contributed by atoms with E-state index in [1.807, 2.05) is 24.3 Å². The van der Waals surface area contributed by atoms with Gasteiger partial charge in [-0.3, -0.25) is 0 Å². The fourth-order valence-electron chi connectivity index (χ4n) is 2.68. The Morgan fingerprint density at radius 1 is 1.00 bits per heavy atom. The number of aromatic nitrogens is 1. The van der Waals surface area contributed by atoms with E-state index in [1.165, 1.54) is 0 Å². The molecule has 0 bridgehead atoms. The molecule has 0 unspecified atom stereocenters. The van der Waals surface area contributed by atoms with Gasteiger partial charge in [-0.25, -0.2) is 4.79 Å². The summed E-state index contributed by atoms with van der Waals surface area (Å²) in [5, 5.41) is 0.630. The number of rotatable bonds is 4. The van der Waals surface area contributed by atoms with Gasteiger partial charge in [0.1, 0.15) is 6.61 Å². The summed E-state index contributed by atoms with van der Waals surface area (Å²) in [4.78, 5) is 12.2. The first kappa shape index (κ1) is 16.3. The molecule has 0 radical (unpaired) electrons. The molecule has 0 atom stereocenters. The van der Waals surface area contributed by atoms with Gasteiger partial charge in [0.2, 0.25) is 0 Å². The van der Waals surface area contributed by atoms with Gasteiger partial charge in [-0.2, -0.15) is 0 Å². The van der Waals surface area contributed by atoms with Crippen molar-refractivity contribution in [1.82, 2.24) is 4.57 Å². The van der Waals surface area contributed by atoms with E-state index in [1.54, 1.807) is 24.3 Å². The van der Waals surface area contributed by atoms with Crippen LogP contribution >= 0.6 is 11.6 Å². The molecule has 3 rings (SSSR count). The highest BCUT2D eigenvalue weighted by molar-refractivity contribution is 6.30. The second-order valence-corrected chi connectivity index (χ2v) is 6.14. The molecule has 3 nitrogen and oxygen atoms in total. The van der Waals surface area contributed by atoms with Crippen LogP contribution in [0.4, 0.5) is 0 Å². The molecule has 4 heteroatoms. The smallest absolute Gasteiger partial charge is 0.338 e. The summed E-state index contributed by atoms with van der Waals surface area (Å²) in [6, 6.07) is 18.9. The van der Waals surface area contributed by atoms with Gasteiger partial charge in [-0.1, -0.05) is 23.7 Å². The second kappa shape index (κ2) is 6.93. The molecule has 1 heterocycles. The average molecular weight is 340 g/mol. The number of hydrogen-bond donors (Lipinski definition) is 0. The number of carbonyl (C=O) groups excluding carboxylic acids is 1. The molecular weight excluding hydrogens is 322 g/mol. The number of benzene rings is 2. The Kier molecular flexibility index (Phi) is 4.72. The lowest BCUT2D eigenvalue weighted by atomic mass is 10.2. The molecule has 0 amide bonds. The van der Waals surface area contributed by atoms with Gasteiger partial charge < -0.3 is 9.30 Å². The summed E-state index contributed by atoms with van der Waals surface area (Å²) >= 11 is 5.93. The zero-order valence-corrected chi connectivity index (χ0v) is 14.4. The SMILES string of the molecule is Cc1ccc(C)n1-c1ccc(C(=O)OCc2cccc(Cl)c2)cc1. The lowest BCUT2D eigenvalue weighted by molar-refractivity contribution is 0.0472. The topological polar surface area (TPSA) is 31.2 Å². The Morgan fingerprint density at radius 3 is 2.29 bits per heavy atom. The number of aryl methyl sites for hydroxylation is 2. The zero-order chi connectivity index (χ0) is 17.1. The van der Waals surface area contributed by atoms with Crippen LogP contribution in [0.1, 0.15) is 27.3 Å². The van der Waals surface area contributed by atoms with E-state index in [-0.39, 0.29) is 12.6 Å². The Balaban J connectivity index is 1.70. The maximum Gasteiger partial charge on any atom is 0.338 e. The van der Waals surface area contributed by atoms with Gasteiger partial charge in [-0.15, -0.1) is 0 Å². The van der Waals surface area contributed by atoms with Gasteiger partial charge in [-0.05, 0) is 67.9 Å². The summed E-state index contributed by atoms with van der Waals surface area (Å²) in [5.74, 6) is -0.345. The predicted molar refractivity (Wildman–Crippen MR) is 95.8 cm³/mol. The third-order valence-electron chi connectivity index (χ3n) is 3.89. The summed E-state index contributed by atoms with van der Waals surface area (Å²) in [5.41, 5.74) is 4.74. The van der Waals surface area contributed by atoms with Crippen LogP contribution in [-0.2, 0) is 11.3 Å². The maximum atomic E-state index is 12.2. The minimum absolute atomic E-state index is 0.205. The molecule has 0 spiro atoms. The first-order valence-corrected chi connectivity index (χ1v) is 8.09. The highest BCUT2D eigenvalue weighted by atomic mass is 35.5. The zero-order valence-electron chi connectivity index (χ0n) is 13.6. The standard InChI is InChI=1S/C20H18ClNO2/c1-14-6-7-15(2)22(14)19-10-8-17(9-11-19)20(23)24-13-16-4-3-5-18(21)12-16/h3-12H,13H2,1-2H3. The van der Waals surface area contributed by atoms with Crippen LogP contribution in [0.2, 0.25) is 5.02 Å².